The van der Waals surface area contributed by atoms with Crippen molar-refractivity contribution in [3.05, 3.63) is 28.7 Å². The van der Waals surface area contributed by atoms with E-state index >= 15 is 0 Å². The van der Waals surface area contributed by atoms with Crippen molar-refractivity contribution in [1.29, 1.82) is 0 Å². The largest absolute Gasteiger partial charge is 0.493 e. The number of hydrogen-bond donors (Lipinski definition) is 2. The number of ether oxygens (including phenoxy) is 2. The number of thioether (sulfide) groups is 1. The van der Waals surface area contributed by atoms with Gasteiger partial charge in [0.05, 0.1) is 6.61 Å². The third kappa shape index (κ3) is 13.9. The predicted molar refractivity (Wildman–Crippen MR) is 127 cm³/mol. The third-order valence-corrected chi connectivity index (χ3v) is 4.71. The fourth-order valence-electron chi connectivity index (χ4n) is 2.02. The van der Waals surface area contributed by atoms with E-state index in [0.29, 0.717) is 6.61 Å². The number of guanidine groups is 1. The van der Waals surface area contributed by atoms with Crippen LogP contribution in [-0.2, 0) is 4.74 Å². The molecule has 0 aliphatic heterocycles. The SMILES string of the molecule is CCOCCCCNC(=NC)NCCSCCOc1cccc(Br)c1.I. The van der Waals surface area contributed by atoms with Crippen molar-refractivity contribution in [3.8, 4) is 5.75 Å². The molecule has 0 bridgehead atoms. The van der Waals surface area contributed by atoms with Crippen molar-refractivity contribution < 1.29 is 9.47 Å². The first kappa shape index (κ1) is 25.8. The van der Waals surface area contributed by atoms with Gasteiger partial charge >= 0.3 is 0 Å². The van der Waals surface area contributed by atoms with Crippen LogP contribution in [0.1, 0.15) is 19.8 Å². The summed E-state index contributed by atoms with van der Waals surface area (Å²) in [5, 5.41) is 6.65. The van der Waals surface area contributed by atoms with Gasteiger partial charge in [-0.3, -0.25) is 4.99 Å². The van der Waals surface area contributed by atoms with Crippen LogP contribution in [0.3, 0.4) is 0 Å². The number of halogens is 2. The average molecular weight is 560 g/mol. The van der Waals surface area contributed by atoms with E-state index in [1.165, 1.54) is 0 Å². The summed E-state index contributed by atoms with van der Waals surface area (Å²) in [5.74, 6) is 3.76. The molecule has 0 amide bonds. The molecule has 8 heteroatoms. The topological polar surface area (TPSA) is 54.9 Å². The second kappa shape index (κ2) is 18.2. The Morgan fingerprint density at radius 2 is 1.96 bits per heavy atom. The minimum Gasteiger partial charge on any atom is -0.493 e. The summed E-state index contributed by atoms with van der Waals surface area (Å²) in [6, 6.07) is 7.93. The molecule has 0 saturated heterocycles. The van der Waals surface area contributed by atoms with Crippen LogP contribution in [0.15, 0.2) is 33.7 Å². The monoisotopic (exact) mass is 559 g/mol. The van der Waals surface area contributed by atoms with Gasteiger partial charge in [-0.05, 0) is 38.0 Å². The van der Waals surface area contributed by atoms with Gasteiger partial charge in [-0.2, -0.15) is 11.8 Å². The number of benzene rings is 1. The standard InChI is InChI=1S/C18H30BrN3O2S.HI/c1-3-23-11-5-4-9-21-18(20-2)22-10-13-25-14-12-24-17-8-6-7-16(19)15-17;/h6-8,15H,3-5,9-14H2,1-2H3,(H2,20,21,22);1H. The van der Waals surface area contributed by atoms with Gasteiger partial charge < -0.3 is 20.1 Å². The number of nitrogens with zero attached hydrogens (tertiary/aromatic N) is 1. The van der Waals surface area contributed by atoms with Crippen molar-refractivity contribution in [1.82, 2.24) is 10.6 Å². The molecule has 26 heavy (non-hydrogen) atoms. The van der Waals surface area contributed by atoms with Crippen LogP contribution in [0.5, 0.6) is 5.75 Å². The van der Waals surface area contributed by atoms with Crippen molar-refractivity contribution in [2.75, 3.05) is 51.5 Å². The van der Waals surface area contributed by atoms with E-state index in [0.717, 1.165) is 66.8 Å². The van der Waals surface area contributed by atoms with E-state index in [4.69, 9.17) is 9.47 Å². The molecule has 2 N–H and O–H groups in total. The smallest absolute Gasteiger partial charge is 0.191 e. The molecule has 0 heterocycles. The third-order valence-electron chi connectivity index (χ3n) is 3.27. The lowest BCUT2D eigenvalue weighted by molar-refractivity contribution is 0.143. The average Bonchev–Trinajstić information content (AvgIpc) is 2.62. The molecule has 0 fully saturated rings. The summed E-state index contributed by atoms with van der Waals surface area (Å²) >= 11 is 5.31. The van der Waals surface area contributed by atoms with Crippen LogP contribution in [0.2, 0.25) is 0 Å². The molecule has 1 aromatic carbocycles. The normalized spacial score (nSPS) is 11.0. The fourth-order valence-corrected chi connectivity index (χ4v) is 3.05. The van der Waals surface area contributed by atoms with Crippen LogP contribution in [-0.4, -0.2) is 57.4 Å². The fraction of sp³-hybridized carbons (Fsp3) is 0.611. The van der Waals surface area contributed by atoms with Crippen LogP contribution in [0.4, 0.5) is 0 Å². The Morgan fingerprint density at radius 1 is 1.15 bits per heavy atom. The zero-order valence-corrected chi connectivity index (χ0v) is 20.4. The van der Waals surface area contributed by atoms with Gasteiger partial charge in [0, 0.05) is 49.3 Å². The second-order valence-corrected chi connectivity index (χ2v) is 7.39. The van der Waals surface area contributed by atoms with Gasteiger partial charge in [0.1, 0.15) is 5.75 Å². The van der Waals surface area contributed by atoms with Gasteiger partial charge in [-0.25, -0.2) is 0 Å². The summed E-state index contributed by atoms with van der Waals surface area (Å²) in [6.07, 6.45) is 2.16. The molecule has 0 aromatic heterocycles. The first-order valence-corrected chi connectivity index (χ1v) is 10.7. The predicted octanol–water partition coefficient (Wildman–Crippen LogP) is 4.16. The summed E-state index contributed by atoms with van der Waals surface area (Å²) in [6.45, 7) is 6.18. The molecule has 0 spiro atoms. The highest BCUT2D eigenvalue weighted by molar-refractivity contribution is 14.0. The van der Waals surface area contributed by atoms with Crippen LogP contribution in [0, 0.1) is 0 Å². The minimum atomic E-state index is 0. The molecule has 0 radical (unpaired) electrons. The molecule has 0 saturated carbocycles. The molecule has 0 aliphatic rings. The number of nitrogens with one attached hydrogen (secondary N) is 2. The van der Waals surface area contributed by atoms with Crippen molar-refractivity contribution in [3.63, 3.8) is 0 Å². The summed E-state index contributed by atoms with van der Waals surface area (Å²) in [7, 11) is 1.80. The van der Waals surface area contributed by atoms with Crippen LogP contribution < -0.4 is 15.4 Å². The van der Waals surface area contributed by atoms with Crippen LogP contribution in [0.25, 0.3) is 0 Å². The maximum Gasteiger partial charge on any atom is 0.191 e. The maximum absolute atomic E-state index is 5.71. The van der Waals surface area contributed by atoms with E-state index in [1.807, 2.05) is 43.0 Å². The molecule has 1 rings (SSSR count). The molecular formula is C18H31BrIN3O2S. The Labute approximate surface area is 187 Å². The van der Waals surface area contributed by atoms with Gasteiger partial charge in [-0.1, -0.05) is 22.0 Å². The highest BCUT2D eigenvalue weighted by Gasteiger charge is 1.98. The Bertz CT molecular complexity index is 495. The Hall–Kier alpha value is -0.190. The number of unbranched alkanes of at least 4 members (excludes halogenated alkanes) is 1. The summed E-state index contributed by atoms with van der Waals surface area (Å²) < 4.78 is 12.1. The first-order valence-electron chi connectivity index (χ1n) is 8.74. The van der Waals surface area contributed by atoms with E-state index < -0.39 is 0 Å². The van der Waals surface area contributed by atoms with Gasteiger partial charge in [0.15, 0.2) is 5.96 Å². The van der Waals surface area contributed by atoms with E-state index in [2.05, 4.69) is 31.6 Å². The van der Waals surface area contributed by atoms with Crippen molar-refractivity contribution >= 4 is 57.6 Å². The molecule has 150 valence electrons. The number of aliphatic imine (C=N–C) groups is 1. The van der Waals surface area contributed by atoms with E-state index in [1.54, 1.807) is 7.05 Å². The number of rotatable bonds is 13. The zero-order valence-electron chi connectivity index (χ0n) is 15.6. The molecule has 5 nitrogen and oxygen atoms in total. The zero-order chi connectivity index (χ0) is 18.2. The van der Waals surface area contributed by atoms with Crippen molar-refractivity contribution in [2.24, 2.45) is 4.99 Å². The second-order valence-electron chi connectivity index (χ2n) is 5.25. The Morgan fingerprint density at radius 3 is 2.69 bits per heavy atom. The summed E-state index contributed by atoms with van der Waals surface area (Å²) in [4.78, 5) is 4.23. The highest BCUT2D eigenvalue weighted by Crippen LogP contribution is 2.17. The lowest BCUT2D eigenvalue weighted by Crippen LogP contribution is -2.38. The molecule has 0 unspecified atom stereocenters. The summed E-state index contributed by atoms with van der Waals surface area (Å²) in [5.41, 5.74) is 0. The highest BCUT2D eigenvalue weighted by atomic mass is 127. The lowest BCUT2D eigenvalue weighted by atomic mass is 10.3. The molecule has 0 aliphatic carbocycles. The molecule has 0 atom stereocenters. The molecular weight excluding hydrogens is 529 g/mol. The molecule has 1 aromatic rings. The Balaban J connectivity index is 0.00000625. The van der Waals surface area contributed by atoms with Gasteiger partial charge in [0.2, 0.25) is 0 Å². The minimum absolute atomic E-state index is 0. The quantitative estimate of drug-likeness (QED) is 0.164. The van der Waals surface area contributed by atoms with E-state index in [-0.39, 0.29) is 24.0 Å². The van der Waals surface area contributed by atoms with Crippen LogP contribution >= 0.6 is 51.7 Å². The maximum atomic E-state index is 5.71. The lowest BCUT2D eigenvalue weighted by Gasteiger charge is -2.12. The Kier molecular flexibility index (Phi) is 18.1. The first-order chi connectivity index (χ1) is 12.3. The van der Waals surface area contributed by atoms with Gasteiger partial charge in [0.25, 0.3) is 0 Å². The van der Waals surface area contributed by atoms with Gasteiger partial charge in [-0.15, -0.1) is 24.0 Å². The van der Waals surface area contributed by atoms with E-state index in [9.17, 15) is 0 Å². The number of hydrogen-bond acceptors (Lipinski definition) is 4. The van der Waals surface area contributed by atoms with Crippen molar-refractivity contribution in [2.45, 2.75) is 19.8 Å².